The van der Waals surface area contributed by atoms with Gasteiger partial charge in [-0.05, 0) is 26.3 Å². The van der Waals surface area contributed by atoms with Gasteiger partial charge in [-0.3, -0.25) is 0 Å². The summed E-state index contributed by atoms with van der Waals surface area (Å²) in [5, 5.41) is 0. The number of nitrogen functional groups attached to an aromatic ring is 1. The fourth-order valence-electron chi connectivity index (χ4n) is 1.52. The normalized spacial score (nSPS) is 13.1. The molecule has 2 N–H and O–H groups in total. The zero-order valence-corrected chi connectivity index (χ0v) is 9.16. The Morgan fingerprint density at radius 1 is 1.29 bits per heavy atom. The van der Waals surface area contributed by atoms with Crippen molar-refractivity contribution in [3.8, 4) is 0 Å². The number of ether oxygens (including phenoxy) is 1. The second-order valence-corrected chi connectivity index (χ2v) is 3.71. The number of rotatable bonds is 4. The maximum absolute atomic E-state index is 5.89. The summed E-state index contributed by atoms with van der Waals surface area (Å²) in [6.07, 6.45) is 1.31. The van der Waals surface area contributed by atoms with Crippen molar-refractivity contribution in [3.63, 3.8) is 0 Å². The highest BCUT2D eigenvalue weighted by molar-refractivity contribution is 5.47. The van der Waals surface area contributed by atoms with E-state index in [0.717, 1.165) is 17.7 Å². The van der Waals surface area contributed by atoms with E-state index in [9.17, 15) is 0 Å². The third kappa shape index (κ3) is 2.74. The van der Waals surface area contributed by atoms with Gasteiger partial charge in [0.15, 0.2) is 0 Å². The molecule has 2 heteroatoms. The lowest BCUT2D eigenvalue weighted by Gasteiger charge is -2.20. The highest BCUT2D eigenvalue weighted by Crippen LogP contribution is 2.26. The van der Waals surface area contributed by atoms with E-state index < -0.39 is 0 Å². The van der Waals surface area contributed by atoms with Crippen LogP contribution in [0.5, 0.6) is 0 Å². The summed E-state index contributed by atoms with van der Waals surface area (Å²) in [5.74, 6) is 0. The zero-order valence-electron chi connectivity index (χ0n) is 9.16. The number of hydrogen-bond acceptors (Lipinski definition) is 2. The number of hydrogen-bond donors (Lipinski definition) is 1. The quantitative estimate of drug-likeness (QED) is 0.745. The van der Waals surface area contributed by atoms with Crippen molar-refractivity contribution < 1.29 is 4.74 Å². The molecule has 78 valence electrons. The standard InChI is InChI=1S/C12H19NO/c1-4-12(14-9(2)3)10-7-5-6-8-11(10)13/h5-9,12H,4,13H2,1-3H3. The molecule has 1 rings (SSSR count). The molecule has 1 aromatic carbocycles. The first-order valence-corrected chi connectivity index (χ1v) is 5.15. The van der Waals surface area contributed by atoms with Gasteiger partial charge in [-0.1, -0.05) is 25.1 Å². The second-order valence-electron chi connectivity index (χ2n) is 3.71. The van der Waals surface area contributed by atoms with Crippen LogP contribution >= 0.6 is 0 Å². The average molecular weight is 193 g/mol. The Morgan fingerprint density at radius 3 is 2.43 bits per heavy atom. The smallest absolute Gasteiger partial charge is 0.0845 e. The van der Waals surface area contributed by atoms with E-state index in [4.69, 9.17) is 10.5 Å². The van der Waals surface area contributed by atoms with Crippen molar-refractivity contribution in [2.24, 2.45) is 0 Å². The van der Waals surface area contributed by atoms with Crippen LogP contribution in [0, 0.1) is 0 Å². The molecule has 0 aliphatic heterocycles. The molecule has 2 nitrogen and oxygen atoms in total. The van der Waals surface area contributed by atoms with E-state index in [-0.39, 0.29) is 12.2 Å². The van der Waals surface area contributed by atoms with Crippen LogP contribution < -0.4 is 5.73 Å². The van der Waals surface area contributed by atoms with Crippen LogP contribution in [-0.4, -0.2) is 6.10 Å². The zero-order chi connectivity index (χ0) is 10.6. The summed E-state index contributed by atoms with van der Waals surface area (Å²) < 4.78 is 5.79. The van der Waals surface area contributed by atoms with Gasteiger partial charge in [0.25, 0.3) is 0 Å². The predicted octanol–water partition coefficient (Wildman–Crippen LogP) is 3.14. The lowest BCUT2D eigenvalue weighted by atomic mass is 10.1. The van der Waals surface area contributed by atoms with E-state index in [1.54, 1.807) is 0 Å². The van der Waals surface area contributed by atoms with Gasteiger partial charge >= 0.3 is 0 Å². The Bertz CT molecular complexity index is 283. The molecule has 1 unspecified atom stereocenters. The number of nitrogens with two attached hydrogens (primary N) is 1. The first-order valence-electron chi connectivity index (χ1n) is 5.15. The third-order valence-electron chi connectivity index (χ3n) is 2.15. The van der Waals surface area contributed by atoms with Crippen LogP contribution in [-0.2, 0) is 4.74 Å². The molecule has 0 spiro atoms. The van der Waals surface area contributed by atoms with E-state index in [2.05, 4.69) is 6.92 Å². The van der Waals surface area contributed by atoms with Gasteiger partial charge in [-0.2, -0.15) is 0 Å². The summed E-state index contributed by atoms with van der Waals surface area (Å²) in [6.45, 7) is 6.20. The minimum Gasteiger partial charge on any atom is -0.398 e. The summed E-state index contributed by atoms with van der Waals surface area (Å²) >= 11 is 0. The predicted molar refractivity (Wildman–Crippen MR) is 60.1 cm³/mol. The molecule has 0 aromatic heterocycles. The van der Waals surface area contributed by atoms with Crippen LogP contribution in [0.2, 0.25) is 0 Å². The van der Waals surface area contributed by atoms with Gasteiger partial charge in [0.05, 0.1) is 12.2 Å². The van der Waals surface area contributed by atoms with Gasteiger partial charge in [0.2, 0.25) is 0 Å². The van der Waals surface area contributed by atoms with E-state index in [1.165, 1.54) is 0 Å². The maximum Gasteiger partial charge on any atom is 0.0845 e. The van der Waals surface area contributed by atoms with Gasteiger partial charge in [-0.15, -0.1) is 0 Å². The SMILES string of the molecule is CCC(OC(C)C)c1ccccc1N. The summed E-state index contributed by atoms with van der Waals surface area (Å²) in [5.41, 5.74) is 7.81. The Morgan fingerprint density at radius 2 is 1.93 bits per heavy atom. The van der Waals surface area contributed by atoms with E-state index >= 15 is 0 Å². The highest BCUT2D eigenvalue weighted by Gasteiger charge is 2.13. The van der Waals surface area contributed by atoms with Crippen LogP contribution in [0.25, 0.3) is 0 Å². The Labute approximate surface area is 86.1 Å². The molecular formula is C12H19NO. The Balaban J connectivity index is 2.83. The third-order valence-corrected chi connectivity index (χ3v) is 2.15. The first kappa shape index (κ1) is 11.1. The molecule has 0 fully saturated rings. The van der Waals surface area contributed by atoms with E-state index in [0.29, 0.717) is 0 Å². The number of benzene rings is 1. The molecule has 0 radical (unpaired) electrons. The van der Waals surface area contributed by atoms with Gasteiger partial charge in [0, 0.05) is 11.3 Å². The molecule has 0 amide bonds. The lowest BCUT2D eigenvalue weighted by Crippen LogP contribution is -2.11. The molecule has 0 saturated heterocycles. The van der Waals surface area contributed by atoms with Gasteiger partial charge in [0.1, 0.15) is 0 Å². The van der Waals surface area contributed by atoms with Crippen molar-refractivity contribution in [2.45, 2.75) is 39.4 Å². The highest BCUT2D eigenvalue weighted by atomic mass is 16.5. The molecule has 0 heterocycles. The monoisotopic (exact) mass is 193 g/mol. The second kappa shape index (κ2) is 5.01. The van der Waals surface area contributed by atoms with Crippen molar-refractivity contribution in [1.29, 1.82) is 0 Å². The van der Waals surface area contributed by atoms with Crippen molar-refractivity contribution in [2.75, 3.05) is 5.73 Å². The number of anilines is 1. The van der Waals surface area contributed by atoms with Crippen molar-refractivity contribution in [1.82, 2.24) is 0 Å². The Kier molecular flexibility index (Phi) is 3.96. The summed E-state index contributed by atoms with van der Waals surface area (Å²) in [7, 11) is 0. The molecule has 14 heavy (non-hydrogen) atoms. The fraction of sp³-hybridized carbons (Fsp3) is 0.500. The first-order chi connectivity index (χ1) is 6.65. The van der Waals surface area contributed by atoms with Gasteiger partial charge < -0.3 is 10.5 Å². The summed E-state index contributed by atoms with van der Waals surface area (Å²) in [4.78, 5) is 0. The summed E-state index contributed by atoms with van der Waals surface area (Å²) in [6, 6.07) is 7.90. The minimum atomic E-state index is 0.121. The van der Waals surface area contributed by atoms with Crippen LogP contribution in [0.15, 0.2) is 24.3 Å². The Hall–Kier alpha value is -1.02. The molecule has 1 atom stereocenters. The van der Waals surface area contributed by atoms with Crippen LogP contribution in [0.1, 0.15) is 38.9 Å². The topological polar surface area (TPSA) is 35.2 Å². The molecule has 0 aliphatic carbocycles. The molecule has 0 aliphatic rings. The fourth-order valence-corrected chi connectivity index (χ4v) is 1.52. The van der Waals surface area contributed by atoms with Crippen molar-refractivity contribution in [3.05, 3.63) is 29.8 Å². The minimum absolute atomic E-state index is 0.121. The van der Waals surface area contributed by atoms with Crippen molar-refractivity contribution >= 4 is 5.69 Å². The lowest BCUT2D eigenvalue weighted by molar-refractivity contribution is 0.00491. The van der Waals surface area contributed by atoms with E-state index in [1.807, 2.05) is 38.1 Å². The maximum atomic E-state index is 5.89. The number of para-hydroxylation sites is 1. The van der Waals surface area contributed by atoms with Crippen LogP contribution in [0.4, 0.5) is 5.69 Å². The van der Waals surface area contributed by atoms with Crippen LogP contribution in [0.3, 0.4) is 0 Å². The average Bonchev–Trinajstić information content (AvgIpc) is 2.15. The van der Waals surface area contributed by atoms with Gasteiger partial charge in [-0.25, -0.2) is 0 Å². The molecule has 0 bridgehead atoms. The molecule has 0 saturated carbocycles. The molecule has 1 aromatic rings. The molecular weight excluding hydrogens is 174 g/mol. The largest absolute Gasteiger partial charge is 0.398 e.